The molecule has 3 nitrogen and oxygen atoms in total. The fourth-order valence-corrected chi connectivity index (χ4v) is 2.05. The Hall–Kier alpha value is -0.420. The van der Waals surface area contributed by atoms with Crippen LogP contribution in [-0.4, -0.2) is 42.9 Å². The van der Waals surface area contributed by atoms with E-state index in [9.17, 15) is 13.6 Å². The van der Waals surface area contributed by atoms with Gasteiger partial charge in [-0.05, 0) is 12.3 Å². The molecular formula is C11H19ClF2N2O. The molecule has 6 heteroatoms. The van der Waals surface area contributed by atoms with Crippen molar-refractivity contribution in [1.82, 2.24) is 10.2 Å². The zero-order valence-corrected chi connectivity index (χ0v) is 10.7. The first-order valence-corrected chi connectivity index (χ1v) is 5.84. The summed E-state index contributed by atoms with van der Waals surface area (Å²) in [6, 6.07) is -0.695. The predicted octanol–water partition coefficient (Wildman–Crippen LogP) is 1.66. The van der Waals surface area contributed by atoms with Gasteiger partial charge in [0.05, 0.1) is 12.6 Å². The van der Waals surface area contributed by atoms with E-state index < -0.39 is 12.0 Å². The first-order chi connectivity index (χ1) is 7.48. The van der Waals surface area contributed by atoms with Gasteiger partial charge in [0.25, 0.3) is 5.92 Å². The van der Waals surface area contributed by atoms with E-state index in [1.807, 2.05) is 0 Å². The van der Waals surface area contributed by atoms with Gasteiger partial charge in [0, 0.05) is 20.0 Å². The number of rotatable bonds is 4. The van der Waals surface area contributed by atoms with Crippen LogP contribution in [0.15, 0.2) is 0 Å². The molecular weight excluding hydrogens is 250 g/mol. The topological polar surface area (TPSA) is 32.3 Å². The number of hydrogen-bond donors (Lipinski definition) is 1. The maximum atomic E-state index is 12.9. The normalized spacial score (nSPS) is 26.4. The molecule has 0 bridgehead atoms. The Bertz CT molecular complexity index is 285. The maximum absolute atomic E-state index is 12.9. The molecule has 2 fully saturated rings. The Balaban J connectivity index is 0.00000144. The molecule has 2 aliphatic rings. The summed E-state index contributed by atoms with van der Waals surface area (Å²) in [7, 11) is 1.70. The van der Waals surface area contributed by atoms with Gasteiger partial charge in [-0.25, -0.2) is 8.78 Å². The monoisotopic (exact) mass is 268 g/mol. The van der Waals surface area contributed by atoms with Gasteiger partial charge in [-0.15, -0.1) is 12.4 Å². The van der Waals surface area contributed by atoms with Crippen LogP contribution in [-0.2, 0) is 4.79 Å². The molecule has 1 unspecified atom stereocenters. The molecule has 0 aromatic rings. The molecule has 0 spiro atoms. The first kappa shape index (κ1) is 14.6. The molecule has 1 aliphatic carbocycles. The largest absolute Gasteiger partial charge is 0.344 e. The second-order valence-corrected chi connectivity index (χ2v) is 4.99. The average molecular weight is 269 g/mol. The highest BCUT2D eigenvalue weighted by molar-refractivity contribution is 5.85. The van der Waals surface area contributed by atoms with Gasteiger partial charge in [0.2, 0.25) is 5.91 Å². The molecule has 17 heavy (non-hydrogen) atoms. The minimum Gasteiger partial charge on any atom is -0.344 e. The smallest absolute Gasteiger partial charge is 0.262 e. The van der Waals surface area contributed by atoms with Crippen LogP contribution in [0.1, 0.15) is 25.7 Å². The number of alkyl halides is 2. The van der Waals surface area contributed by atoms with Crippen molar-refractivity contribution in [2.24, 2.45) is 5.92 Å². The molecule has 0 aromatic carbocycles. The van der Waals surface area contributed by atoms with E-state index in [0.29, 0.717) is 6.54 Å². The Morgan fingerprint density at radius 2 is 2.12 bits per heavy atom. The summed E-state index contributed by atoms with van der Waals surface area (Å²) in [6.45, 7) is 0.313. The molecule has 100 valence electrons. The molecule has 1 N–H and O–H groups in total. The molecule has 0 radical (unpaired) electrons. The molecule has 1 amide bonds. The van der Waals surface area contributed by atoms with Crippen LogP contribution in [0.3, 0.4) is 0 Å². The van der Waals surface area contributed by atoms with Gasteiger partial charge < -0.3 is 4.90 Å². The third-order valence-corrected chi connectivity index (χ3v) is 3.35. The highest BCUT2D eigenvalue weighted by Crippen LogP contribution is 2.32. The second-order valence-electron chi connectivity index (χ2n) is 4.99. The zero-order chi connectivity index (χ0) is 11.8. The first-order valence-electron chi connectivity index (χ1n) is 5.84. The molecule has 1 saturated carbocycles. The lowest BCUT2D eigenvalue weighted by molar-refractivity contribution is -0.132. The van der Waals surface area contributed by atoms with E-state index in [0.717, 1.165) is 12.3 Å². The lowest BCUT2D eigenvalue weighted by Crippen LogP contribution is -2.42. The van der Waals surface area contributed by atoms with E-state index in [1.54, 1.807) is 11.9 Å². The number of amides is 1. The predicted molar refractivity (Wildman–Crippen MR) is 63.6 cm³/mol. The number of carbonyl (C=O) groups is 1. The third-order valence-electron chi connectivity index (χ3n) is 3.35. The molecule has 0 aromatic heterocycles. The van der Waals surface area contributed by atoms with Gasteiger partial charge >= 0.3 is 0 Å². The van der Waals surface area contributed by atoms with Crippen LogP contribution in [0, 0.1) is 5.92 Å². The summed E-state index contributed by atoms with van der Waals surface area (Å²) >= 11 is 0. The van der Waals surface area contributed by atoms with E-state index >= 15 is 0 Å². The average Bonchev–Trinajstić information content (AvgIpc) is 2.98. The van der Waals surface area contributed by atoms with Gasteiger partial charge in [-0.3, -0.25) is 10.1 Å². The highest BCUT2D eigenvalue weighted by atomic mass is 35.5. The summed E-state index contributed by atoms with van der Waals surface area (Å²) in [5, 5.41) is 2.59. The number of nitrogens with one attached hydrogen (secondary N) is 1. The standard InChI is InChI=1S/C11H18F2N2O.ClH/c1-15(5-4-8-2-3-8)10(16)9-6-11(12,13)7-14-9;/h8-9,14H,2-7H2,1H3;1H. The van der Waals surface area contributed by atoms with Crippen molar-refractivity contribution in [3.8, 4) is 0 Å². The minimum atomic E-state index is -2.72. The number of likely N-dealkylation sites (N-methyl/N-ethyl adjacent to an activating group) is 1. The fraction of sp³-hybridized carbons (Fsp3) is 0.909. The van der Waals surface area contributed by atoms with Crippen LogP contribution >= 0.6 is 12.4 Å². The van der Waals surface area contributed by atoms with Gasteiger partial charge in [0.1, 0.15) is 0 Å². The van der Waals surface area contributed by atoms with Crippen LogP contribution in [0.25, 0.3) is 0 Å². The van der Waals surface area contributed by atoms with Crippen molar-refractivity contribution in [1.29, 1.82) is 0 Å². The lowest BCUT2D eigenvalue weighted by Gasteiger charge is -2.20. The quantitative estimate of drug-likeness (QED) is 0.841. The Morgan fingerprint density at radius 3 is 2.59 bits per heavy atom. The van der Waals surface area contributed by atoms with E-state index in [1.165, 1.54) is 12.8 Å². The van der Waals surface area contributed by atoms with E-state index in [4.69, 9.17) is 0 Å². The summed E-state index contributed by atoms with van der Waals surface area (Å²) in [4.78, 5) is 13.4. The van der Waals surface area contributed by atoms with Crippen LogP contribution in [0.4, 0.5) is 8.78 Å². The summed E-state index contributed by atoms with van der Waals surface area (Å²) in [6.07, 6.45) is 3.15. The van der Waals surface area contributed by atoms with Crippen molar-refractivity contribution in [2.75, 3.05) is 20.1 Å². The lowest BCUT2D eigenvalue weighted by atomic mass is 10.1. The van der Waals surface area contributed by atoms with E-state index in [2.05, 4.69) is 5.32 Å². The number of hydrogen-bond acceptors (Lipinski definition) is 2. The highest BCUT2D eigenvalue weighted by Gasteiger charge is 2.43. The van der Waals surface area contributed by atoms with Crippen molar-refractivity contribution >= 4 is 18.3 Å². The van der Waals surface area contributed by atoms with Crippen molar-refractivity contribution in [3.05, 3.63) is 0 Å². The number of nitrogens with zero attached hydrogens (tertiary/aromatic N) is 1. The minimum absolute atomic E-state index is 0. The third kappa shape index (κ3) is 4.07. The Morgan fingerprint density at radius 1 is 1.47 bits per heavy atom. The van der Waals surface area contributed by atoms with Crippen LogP contribution < -0.4 is 5.32 Å². The molecule has 1 atom stereocenters. The second kappa shape index (κ2) is 5.48. The zero-order valence-electron chi connectivity index (χ0n) is 9.92. The summed E-state index contributed by atoms with van der Waals surface area (Å²) < 4.78 is 25.8. The van der Waals surface area contributed by atoms with Gasteiger partial charge in [0.15, 0.2) is 0 Å². The number of carbonyl (C=O) groups excluding carboxylic acids is 1. The molecule has 2 rings (SSSR count). The van der Waals surface area contributed by atoms with Gasteiger partial charge in [-0.2, -0.15) is 0 Å². The molecule has 1 aliphatic heterocycles. The Labute approximate surface area is 106 Å². The summed E-state index contributed by atoms with van der Waals surface area (Å²) in [5.74, 6) is -2.16. The molecule has 1 heterocycles. The Kier molecular flexibility index (Phi) is 4.72. The maximum Gasteiger partial charge on any atom is 0.262 e. The number of halogens is 3. The van der Waals surface area contributed by atoms with Crippen molar-refractivity contribution in [3.63, 3.8) is 0 Å². The van der Waals surface area contributed by atoms with Crippen molar-refractivity contribution in [2.45, 2.75) is 37.6 Å². The fourth-order valence-electron chi connectivity index (χ4n) is 2.05. The van der Waals surface area contributed by atoms with Crippen molar-refractivity contribution < 1.29 is 13.6 Å². The van der Waals surface area contributed by atoms with Crippen LogP contribution in [0.2, 0.25) is 0 Å². The van der Waals surface area contributed by atoms with E-state index in [-0.39, 0.29) is 31.3 Å². The van der Waals surface area contributed by atoms with Gasteiger partial charge in [-0.1, -0.05) is 12.8 Å². The summed E-state index contributed by atoms with van der Waals surface area (Å²) in [5.41, 5.74) is 0. The SMILES string of the molecule is CN(CCC1CC1)C(=O)C1CC(F)(F)CN1.Cl. The molecule has 1 saturated heterocycles. The van der Waals surface area contributed by atoms with Crippen LogP contribution in [0.5, 0.6) is 0 Å².